The molecule has 84 valence electrons. The molecule has 6 nitrogen and oxygen atoms in total. The van der Waals surface area contributed by atoms with E-state index in [0.29, 0.717) is 16.3 Å². The van der Waals surface area contributed by atoms with Gasteiger partial charge in [0.25, 0.3) is 5.91 Å². The first-order valence-corrected chi connectivity index (χ1v) is 5.72. The molecule has 1 N–H and O–H groups in total. The van der Waals surface area contributed by atoms with E-state index < -0.39 is 0 Å². The van der Waals surface area contributed by atoms with Gasteiger partial charge in [-0.05, 0) is 6.07 Å². The van der Waals surface area contributed by atoms with E-state index in [1.807, 2.05) is 0 Å². The summed E-state index contributed by atoms with van der Waals surface area (Å²) in [5.41, 5.74) is 0.961. The predicted molar refractivity (Wildman–Crippen MR) is 63.1 cm³/mol. The number of thiazole rings is 1. The summed E-state index contributed by atoms with van der Waals surface area (Å²) in [6.07, 6.45) is 6.49. The SMILES string of the molecule is O=C(Nc1nccs1)c1cnn2cccnc12. The molecule has 0 spiro atoms. The van der Waals surface area contributed by atoms with E-state index >= 15 is 0 Å². The van der Waals surface area contributed by atoms with Crippen molar-refractivity contribution in [2.75, 3.05) is 5.32 Å². The first kappa shape index (κ1) is 9.91. The van der Waals surface area contributed by atoms with Crippen LogP contribution in [0.1, 0.15) is 10.4 Å². The average Bonchev–Trinajstić information content (AvgIpc) is 2.96. The second-order valence-corrected chi connectivity index (χ2v) is 4.13. The Balaban J connectivity index is 1.96. The first-order valence-electron chi connectivity index (χ1n) is 4.84. The number of nitrogens with one attached hydrogen (secondary N) is 1. The van der Waals surface area contributed by atoms with E-state index in [2.05, 4.69) is 20.4 Å². The largest absolute Gasteiger partial charge is 0.298 e. The third kappa shape index (κ3) is 1.76. The van der Waals surface area contributed by atoms with Gasteiger partial charge in [0.2, 0.25) is 0 Å². The zero-order valence-electron chi connectivity index (χ0n) is 8.57. The van der Waals surface area contributed by atoms with Crippen LogP contribution in [0.15, 0.2) is 36.2 Å². The molecule has 0 radical (unpaired) electrons. The quantitative estimate of drug-likeness (QED) is 0.741. The van der Waals surface area contributed by atoms with E-state index in [-0.39, 0.29) is 5.91 Å². The highest BCUT2D eigenvalue weighted by Gasteiger charge is 2.14. The number of amides is 1. The van der Waals surface area contributed by atoms with Crippen molar-refractivity contribution in [3.05, 3.63) is 41.8 Å². The van der Waals surface area contributed by atoms with Crippen molar-refractivity contribution < 1.29 is 4.79 Å². The number of anilines is 1. The molecule has 1 amide bonds. The Labute approximate surface area is 100.0 Å². The summed E-state index contributed by atoms with van der Waals surface area (Å²) in [6.45, 7) is 0. The third-order valence-electron chi connectivity index (χ3n) is 2.18. The minimum absolute atomic E-state index is 0.256. The van der Waals surface area contributed by atoms with Gasteiger partial charge < -0.3 is 0 Å². The maximum absolute atomic E-state index is 11.9. The highest BCUT2D eigenvalue weighted by molar-refractivity contribution is 7.13. The molecule has 0 aliphatic rings. The smallest absolute Gasteiger partial charge is 0.262 e. The fraction of sp³-hybridized carbons (Fsp3) is 0. The minimum atomic E-state index is -0.256. The zero-order chi connectivity index (χ0) is 11.7. The molecule has 0 aromatic carbocycles. The van der Waals surface area contributed by atoms with Crippen LogP contribution in [0.5, 0.6) is 0 Å². The van der Waals surface area contributed by atoms with Crippen LogP contribution in [-0.2, 0) is 0 Å². The summed E-state index contributed by atoms with van der Waals surface area (Å²) >= 11 is 1.36. The molecule has 7 heteroatoms. The molecular weight excluding hydrogens is 238 g/mol. The number of carbonyl (C=O) groups is 1. The Kier molecular flexibility index (Phi) is 2.30. The van der Waals surface area contributed by atoms with Gasteiger partial charge in [-0.2, -0.15) is 5.10 Å². The maximum Gasteiger partial charge on any atom is 0.262 e. The van der Waals surface area contributed by atoms with E-state index in [9.17, 15) is 4.79 Å². The number of rotatable bonds is 2. The Morgan fingerprint density at radius 3 is 3.12 bits per heavy atom. The maximum atomic E-state index is 11.9. The van der Waals surface area contributed by atoms with Crippen LogP contribution >= 0.6 is 11.3 Å². The first-order chi connectivity index (χ1) is 8.34. The Hall–Kier alpha value is -2.28. The summed E-state index contributed by atoms with van der Waals surface area (Å²) in [6, 6.07) is 1.75. The van der Waals surface area contributed by atoms with Gasteiger partial charge in [-0.25, -0.2) is 14.5 Å². The molecule has 17 heavy (non-hydrogen) atoms. The lowest BCUT2D eigenvalue weighted by molar-refractivity contribution is 0.102. The summed E-state index contributed by atoms with van der Waals surface area (Å²) in [5, 5.41) is 9.09. The lowest BCUT2D eigenvalue weighted by Gasteiger charge is -1.98. The number of carbonyl (C=O) groups excluding carboxylic acids is 1. The molecule has 3 rings (SSSR count). The Bertz CT molecular complexity index is 660. The van der Waals surface area contributed by atoms with Crippen LogP contribution in [0, 0.1) is 0 Å². The topological polar surface area (TPSA) is 72.2 Å². The normalized spacial score (nSPS) is 10.6. The molecule has 0 fully saturated rings. The van der Waals surface area contributed by atoms with Crippen LogP contribution < -0.4 is 5.32 Å². The summed E-state index contributed by atoms with van der Waals surface area (Å²) in [5.74, 6) is -0.256. The monoisotopic (exact) mass is 245 g/mol. The summed E-state index contributed by atoms with van der Waals surface area (Å²) in [4.78, 5) is 20.0. The van der Waals surface area contributed by atoms with Crippen molar-refractivity contribution in [1.29, 1.82) is 0 Å². The molecule has 0 aliphatic heterocycles. The number of nitrogens with zero attached hydrogens (tertiary/aromatic N) is 4. The second-order valence-electron chi connectivity index (χ2n) is 3.24. The number of aromatic nitrogens is 4. The molecule has 3 aromatic heterocycles. The molecule has 0 unspecified atom stereocenters. The highest BCUT2D eigenvalue weighted by Crippen LogP contribution is 2.14. The second kappa shape index (κ2) is 3.95. The lowest BCUT2D eigenvalue weighted by Crippen LogP contribution is -2.11. The number of fused-ring (bicyclic) bond motifs is 1. The molecular formula is C10H7N5OS. The minimum Gasteiger partial charge on any atom is -0.298 e. The predicted octanol–water partition coefficient (Wildman–Crippen LogP) is 1.44. The highest BCUT2D eigenvalue weighted by atomic mass is 32.1. The van der Waals surface area contributed by atoms with Crippen molar-refractivity contribution >= 4 is 28.0 Å². The molecule has 0 saturated carbocycles. The van der Waals surface area contributed by atoms with Gasteiger partial charge in [0.1, 0.15) is 5.56 Å². The molecule has 0 atom stereocenters. The molecule has 3 heterocycles. The summed E-state index contributed by atoms with van der Waals surface area (Å²) in [7, 11) is 0. The van der Waals surface area contributed by atoms with E-state index in [0.717, 1.165) is 0 Å². The molecule has 0 aliphatic carbocycles. The Morgan fingerprint density at radius 1 is 1.35 bits per heavy atom. The standard InChI is InChI=1S/C10H7N5OS/c16-9(14-10-12-3-5-17-10)7-6-13-15-4-1-2-11-8(7)15/h1-6H,(H,12,14,16). The fourth-order valence-corrected chi connectivity index (χ4v) is 1.96. The summed E-state index contributed by atoms with van der Waals surface area (Å²) < 4.78 is 1.55. The molecule has 3 aromatic rings. The molecule has 0 bridgehead atoms. The van der Waals surface area contributed by atoms with Gasteiger partial charge in [-0.3, -0.25) is 10.1 Å². The van der Waals surface area contributed by atoms with Gasteiger partial charge >= 0.3 is 0 Å². The van der Waals surface area contributed by atoms with Crippen molar-refractivity contribution in [3.8, 4) is 0 Å². The van der Waals surface area contributed by atoms with Crippen LogP contribution in [0.25, 0.3) is 5.65 Å². The van der Waals surface area contributed by atoms with Gasteiger partial charge in [-0.1, -0.05) is 0 Å². The van der Waals surface area contributed by atoms with Crippen molar-refractivity contribution in [3.63, 3.8) is 0 Å². The van der Waals surface area contributed by atoms with Crippen molar-refractivity contribution in [2.24, 2.45) is 0 Å². The average molecular weight is 245 g/mol. The van der Waals surface area contributed by atoms with Gasteiger partial charge in [0, 0.05) is 24.0 Å². The van der Waals surface area contributed by atoms with Crippen LogP contribution in [0.3, 0.4) is 0 Å². The number of hydrogen-bond donors (Lipinski definition) is 1. The number of hydrogen-bond acceptors (Lipinski definition) is 5. The van der Waals surface area contributed by atoms with Gasteiger partial charge in [-0.15, -0.1) is 11.3 Å². The van der Waals surface area contributed by atoms with Gasteiger partial charge in [0.15, 0.2) is 10.8 Å². The van der Waals surface area contributed by atoms with Crippen LogP contribution in [0.4, 0.5) is 5.13 Å². The van der Waals surface area contributed by atoms with Crippen LogP contribution in [0.2, 0.25) is 0 Å². The zero-order valence-corrected chi connectivity index (χ0v) is 9.39. The van der Waals surface area contributed by atoms with Gasteiger partial charge in [0.05, 0.1) is 6.20 Å². The Morgan fingerprint density at radius 2 is 2.29 bits per heavy atom. The van der Waals surface area contributed by atoms with Crippen molar-refractivity contribution in [1.82, 2.24) is 19.6 Å². The lowest BCUT2D eigenvalue weighted by atomic mass is 10.3. The van der Waals surface area contributed by atoms with E-state index in [1.54, 1.807) is 34.6 Å². The molecule has 0 saturated heterocycles. The van der Waals surface area contributed by atoms with E-state index in [1.165, 1.54) is 17.5 Å². The third-order valence-corrected chi connectivity index (χ3v) is 2.87. The van der Waals surface area contributed by atoms with Crippen LogP contribution in [-0.4, -0.2) is 25.5 Å². The fourth-order valence-electron chi connectivity index (χ4n) is 1.44. The van der Waals surface area contributed by atoms with E-state index in [4.69, 9.17) is 0 Å². The van der Waals surface area contributed by atoms with Crippen molar-refractivity contribution in [2.45, 2.75) is 0 Å².